The molecule has 1 atom stereocenters. The molecule has 0 spiro atoms. The van der Waals surface area contributed by atoms with Gasteiger partial charge < -0.3 is 14.9 Å². The fourth-order valence-electron chi connectivity index (χ4n) is 1.95. The van der Waals surface area contributed by atoms with E-state index in [1.165, 1.54) is 0 Å². The van der Waals surface area contributed by atoms with Crippen molar-refractivity contribution in [3.05, 3.63) is 17.6 Å². The van der Waals surface area contributed by atoms with Gasteiger partial charge in [0.05, 0.1) is 18.4 Å². The molecule has 1 fully saturated rings. The number of hydrazine groups is 1. The van der Waals surface area contributed by atoms with Crippen LogP contribution >= 0.6 is 0 Å². The molecule has 17 heavy (non-hydrogen) atoms. The highest BCUT2D eigenvalue weighted by Crippen LogP contribution is 2.16. The summed E-state index contributed by atoms with van der Waals surface area (Å²) in [4.78, 5) is 8.74. The van der Waals surface area contributed by atoms with E-state index < -0.39 is 0 Å². The highest BCUT2D eigenvalue weighted by Gasteiger charge is 2.18. The Morgan fingerprint density at radius 2 is 2.47 bits per heavy atom. The zero-order chi connectivity index (χ0) is 12.1. The molecule has 94 valence electrons. The van der Waals surface area contributed by atoms with Crippen LogP contribution in [0.25, 0.3) is 0 Å². The van der Waals surface area contributed by atoms with E-state index in [9.17, 15) is 0 Å². The number of ether oxygens (including phenoxy) is 2. The lowest BCUT2D eigenvalue weighted by Gasteiger charge is -2.10. The molecule has 0 aromatic carbocycles. The van der Waals surface area contributed by atoms with Gasteiger partial charge in [-0.1, -0.05) is 0 Å². The van der Waals surface area contributed by atoms with Crippen LogP contribution in [-0.2, 0) is 22.5 Å². The van der Waals surface area contributed by atoms with Crippen LogP contribution in [0.4, 0.5) is 5.82 Å². The Balaban J connectivity index is 2.10. The van der Waals surface area contributed by atoms with Gasteiger partial charge >= 0.3 is 0 Å². The minimum atomic E-state index is 0.235. The first-order chi connectivity index (χ1) is 8.31. The summed E-state index contributed by atoms with van der Waals surface area (Å²) >= 11 is 0. The van der Waals surface area contributed by atoms with Crippen molar-refractivity contribution in [1.82, 2.24) is 9.97 Å². The summed E-state index contributed by atoms with van der Waals surface area (Å²) in [5.74, 6) is 6.74. The van der Waals surface area contributed by atoms with Crippen LogP contribution in [0.15, 0.2) is 6.07 Å². The molecule has 1 aliphatic rings. The monoisotopic (exact) mass is 238 g/mol. The van der Waals surface area contributed by atoms with Crippen molar-refractivity contribution in [3.8, 4) is 0 Å². The van der Waals surface area contributed by atoms with Gasteiger partial charge in [-0.2, -0.15) is 0 Å². The Labute approximate surface area is 101 Å². The molecule has 6 heteroatoms. The Morgan fingerprint density at radius 1 is 1.59 bits per heavy atom. The molecule has 0 saturated carbocycles. The van der Waals surface area contributed by atoms with Crippen LogP contribution in [0, 0.1) is 0 Å². The Hall–Kier alpha value is -1.24. The molecule has 1 aliphatic heterocycles. The van der Waals surface area contributed by atoms with E-state index in [0.29, 0.717) is 12.4 Å². The highest BCUT2D eigenvalue weighted by atomic mass is 16.5. The first-order valence-corrected chi connectivity index (χ1v) is 5.76. The van der Waals surface area contributed by atoms with Crippen molar-refractivity contribution >= 4 is 5.82 Å². The summed E-state index contributed by atoms with van der Waals surface area (Å²) in [5.41, 5.74) is 3.37. The van der Waals surface area contributed by atoms with Crippen molar-refractivity contribution in [1.29, 1.82) is 0 Å². The number of nitrogen functional groups attached to an aromatic ring is 1. The van der Waals surface area contributed by atoms with Crippen molar-refractivity contribution in [3.63, 3.8) is 0 Å². The lowest BCUT2D eigenvalue weighted by molar-refractivity contribution is 0.109. The molecule has 0 amide bonds. The van der Waals surface area contributed by atoms with E-state index in [-0.39, 0.29) is 6.10 Å². The van der Waals surface area contributed by atoms with Gasteiger partial charge in [-0.3, -0.25) is 0 Å². The number of hydrogen-bond donors (Lipinski definition) is 2. The molecule has 1 aromatic heterocycles. The normalized spacial score (nSPS) is 19.5. The highest BCUT2D eigenvalue weighted by molar-refractivity contribution is 5.34. The Morgan fingerprint density at radius 3 is 3.12 bits per heavy atom. The third-order valence-electron chi connectivity index (χ3n) is 2.70. The molecule has 1 unspecified atom stereocenters. The predicted molar refractivity (Wildman–Crippen MR) is 63.2 cm³/mol. The van der Waals surface area contributed by atoms with Gasteiger partial charge in [0, 0.05) is 26.2 Å². The van der Waals surface area contributed by atoms with Gasteiger partial charge in [-0.05, 0) is 12.8 Å². The van der Waals surface area contributed by atoms with Crippen LogP contribution in [-0.4, -0.2) is 29.8 Å². The largest absolute Gasteiger partial charge is 0.378 e. The second-order valence-corrected chi connectivity index (χ2v) is 4.08. The van der Waals surface area contributed by atoms with Gasteiger partial charge in [0.15, 0.2) is 0 Å². The van der Waals surface area contributed by atoms with Crippen molar-refractivity contribution in [2.45, 2.75) is 32.0 Å². The SMILES string of the molecule is COCc1cc(NN)nc(CC2CCCO2)n1. The molecule has 3 N–H and O–H groups in total. The van der Waals surface area contributed by atoms with E-state index in [4.69, 9.17) is 15.3 Å². The lowest BCUT2D eigenvalue weighted by atomic mass is 10.2. The maximum atomic E-state index is 5.57. The lowest BCUT2D eigenvalue weighted by Crippen LogP contribution is -2.16. The van der Waals surface area contributed by atoms with E-state index in [1.54, 1.807) is 13.2 Å². The van der Waals surface area contributed by atoms with Gasteiger partial charge in [-0.15, -0.1) is 0 Å². The van der Waals surface area contributed by atoms with Crippen LogP contribution in [0.5, 0.6) is 0 Å². The van der Waals surface area contributed by atoms with Crippen LogP contribution in [0.3, 0.4) is 0 Å². The fraction of sp³-hybridized carbons (Fsp3) is 0.636. The summed E-state index contributed by atoms with van der Waals surface area (Å²) in [7, 11) is 1.64. The van der Waals surface area contributed by atoms with E-state index in [0.717, 1.165) is 37.4 Å². The topological polar surface area (TPSA) is 82.3 Å². The smallest absolute Gasteiger partial charge is 0.144 e. The summed E-state index contributed by atoms with van der Waals surface area (Å²) in [6, 6.07) is 1.78. The number of rotatable bonds is 5. The molecule has 6 nitrogen and oxygen atoms in total. The maximum absolute atomic E-state index is 5.57. The average Bonchev–Trinajstić information content (AvgIpc) is 2.82. The second kappa shape index (κ2) is 5.90. The zero-order valence-corrected chi connectivity index (χ0v) is 9.98. The van der Waals surface area contributed by atoms with E-state index >= 15 is 0 Å². The molecular weight excluding hydrogens is 220 g/mol. The molecule has 1 saturated heterocycles. The van der Waals surface area contributed by atoms with Crippen LogP contribution in [0.2, 0.25) is 0 Å². The maximum Gasteiger partial charge on any atom is 0.144 e. The minimum absolute atomic E-state index is 0.235. The standard InChI is InChI=1S/C11H18N4O2/c1-16-7-8-5-11(15-12)14-10(13-8)6-9-3-2-4-17-9/h5,9H,2-4,6-7,12H2,1H3,(H,13,14,15). The quantitative estimate of drug-likeness (QED) is 0.578. The number of hydrogen-bond acceptors (Lipinski definition) is 6. The fourth-order valence-corrected chi connectivity index (χ4v) is 1.95. The number of nitrogens with two attached hydrogens (primary N) is 1. The number of aromatic nitrogens is 2. The third-order valence-corrected chi connectivity index (χ3v) is 2.70. The molecule has 2 rings (SSSR count). The average molecular weight is 238 g/mol. The Bertz CT molecular complexity index is 366. The number of nitrogens with zero attached hydrogens (tertiary/aromatic N) is 2. The molecule has 2 heterocycles. The molecule has 0 aliphatic carbocycles. The summed E-state index contributed by atoms with van der Waals surface area (Å²) in [6.07, 6.45) is 3.15. The number of anilines is 1. The molecule has 0 radical (unpaired) electrons. The van der Waals surface area contributed by atoms with Gasteiger partial charge in [0.2, 0.25) is 0 Å². The first-order valence-electron chi connectivity index (χ1n) is 5.76. The molecule has 0 bridgehead atoms. The number of nitrogens with one attached hydrogen (secondary N) is 1. The molecule has 1 aromatic rings. The Kier molecular flexibility index (Phi) is 4.24. The van der Waals surface area contributed by atoms with Gasteiger partial charge in [0.25, 0.3) is 0 Å². The van der Waals surface area contributed by atoms with Crippen molar-refractivity contribution in [2.75, 3.05) is 19.1 Å². The first kappa shape index (κ1) is 12.2. The number of methoxy groups -OCH3 is 1. The zero-order valence-electron chi connectivity index (χ0n) is 9.98. The predicted octanol–water partition coefficient (Wildman–Crippen LogP) is 0.630. The summed E-state index contributed by atoms with van der Waals surface area (Å²) in [5, 5.41) is 0. The van der Waals surface area contributed by atoms with Gasteiger partial charge in [-0.25, -0.2) is 15.8 Å². The summed E-state index contributed by atoms with van der Waals surface area (Å²) in [6.45, 7) is 1.29. The van der Waals surface area contributed by atoms with Crippen LogP contribution < -0.4 is 11.3 Å². The van der Waals surface area contributed by atoms with Crippen molar-refractivity contribution < 1.29 is 9.47 Å². The second-order valence-electron chi connectivity index (χ2n) is 4.08. The third kappa shape index (κ3) is 3.36. The van der Waals surface area contributed by atoms with Crippen LogP contribution in [0.1, 0.15) is 24.4 Å². The minimum Gasteiger partial charge on any atom is -0.378 e. The summed E-state index contributed by atoms with van der Waals surface area (Å²) < 4.78 is 10.6. The van der Waals surface area contributed by atoms with E-state index in [2.05, 4.69) is 15.4 Å². The van der Waals surface area contributed by atoms with E-state index in [1.807, 2.05) is 0 Å². The van der Waals surface area contributed by atoms with Crippen molar-refractivity contribution in [2.24, 2.45) is 5.84 Å². The molecular formula is C11H18N4O2. The van der Waals surface area contributed by atoms with Gasteiger partial charge in [0.1, 0.15) is 11.6 Å².